The SMILES string of the molecule is O=c1cncc(OC(F)F)[nH]1. The van der Waals surface area contributed by atoms with E-state index in [1.807, 2.05) is 4.98 Å². The number of nitrogens with one attached hydrogen (secondary N) is 1. The highest BCUT2D eigenvalue weighted by atomic mass is 19.3. The summed E-state index contributed by atoms with van der Waals surface area (Å²) in [5.41, 5.74) is -0.580. The lowest BCUT2D eigenvalue weighted by Crippen LogP contribution is -2.10. The minimum absolute atomic E-state index is 0.340. The average Bonchev–Trinajstić information content (AvgIpc) is 1.85. The highest BCUT2D eigenvalue weighted by molar-refractivity contribution is 5.01. The molecule has 0 unspecified atom stereocenters. The third kappa shape index (κ3) is 2.32. The van der Waals surface area contributed by atoms with E-state index in [4.69, 9.17) is 0 Å². The number of aromatic nitrogens is 2. The minimum atomic E-state index is -2.95. The molecule has 0 saturated heterocycles. The van der Waals surface area contributed by atoms with E-state index in [2.05, 4.69) is 9.72 Å². The Morgan fingerprint density at radius 2 is 2.27 bits per heavy atom. The fraction of sp³-hybridized carbons (Fsp3) is 0.200. The van der Waals surface area contributed by atoms with Crippen LogP contribution in [-0.2, 0) is 0 Å². The summed E-state index contributed by atoms with van der Waals surface area (Å²) in [6, 6.07) is 0. The molecule has 0 aliphatic heterocycles. The second kappa shape index (κ2) is 3.09. The van der Waals surface area contributed by atoms with Crippen LogP contribution < -0.4 is 10.3 Å². The third-order valence-electron chi connectivity index (χ3n) is 0.846. The predicted molar refractivity (Wildman–Crippen MR) is 31.5 cm³/mol. The van der Waals surface area contributed by atoms with Crippen molar-refractivity contribution in [2.45, 2.75) is 6.61 Å². The van der Waals surface area contributed by atoms with Gasteiger partial charge in [0.2, 0.25) is 5.88 Å². The fourth-order valence-electron chi connectivity index (χ4n) is 0.515. The van der Waals surface area contributed by atoms with Crippen molar-refractivity contribution in [1.82, 2.24) is 9.97 Å². The Balaban J connectivity index is 2.80. The van der Waals surface area contributed by atoms with Gasteiger partial charge in [0, 0.05) is 0 Å². The molecule has 0 aliphatic rings. The molecule has 0 atom stereocenters. The quantitative estimate of drug-likeness (QED) is 0.683. The second-order valence-electron chi connectivity index (χ2n) is 1.64. The zero-order valence-corrected chi connectivity index (χ0v) is 5.25. The van der Waals surface area contributed by atoms with Gasteiger partial charge in [0.05, 0.1) is 12.4 Å². The predicted octanol–water partition coefficient (Wildman–Crippen LogP) is 0.371. The summed E-state index contributed by atoms with van der Waals surface area (Å²) in [5.74, 6) is -0.340. The summed E-state index contributed by atoms with van der Waals surface area (Å²) in [6.45, 7) is -2.95. The molecule has 1 aromatic heterocycles. The number of hydrogen-bond acceptors (Lipinski definition) is 3. The minimum Gasteiger partial charge on any atom is -0.417 e. The van der Waals surface area contributed by atoms with Gasteiger partial charge in [0.15, 0.2) is 0 Å². The molecule has 4 nitrogen and oxygen atoms in total. The summed E-state index contributed by atoms with van der Waals surface area (Å²) in [7, 11) is 0. The molecule has 0 bridgehead atoms. The van der Waals surface area contributed by atoms with Gasteiger partial charge in [0.1, 0.15) is 0 Å². The first-order valence-electron chi connectivity index (χ1n) is 2.67. The molecule has 60 valence electrons. The monoisotopic (exact) mass is 162 g/mol. The normalized spacial score (nSPS) is 10.1. The number of nitrogens with zero attached hydrogens (tertiary/aromatic N) is 1. The lowest BCUT2D eigenvalue weighted by atomic mass is 10.7. The van der Waals surface area contributed by atoms with Gasteiger partial charge >= 0.3 is 6.61 Å². The molecule has 1 aromatic rings. The van der Waals surface area contributed by atoms with Gasteiger partial charge in [-0.05, 0) is 0 Å². The van der Waals surface area contributed by atoms with Gasteiger partial charge in [-0.25, -0.2) is 0 Å². The van der Waals surface area contributed by atoms with Gasteiger partial charge in [-0.2, -0.15) is 8.78 Å². The van der Waals surface area contributed by atoms with Crippen molar-refractivity contribution in [3.05, 3.63) is 22.7 Å². The molecule has 1 heterocycles. The summed E-state index contributed by atoms with van der Waals surface area (Å²) in [5, 5.41) is 0. The van der Waals surface area contributed by atoms with Gasteiger partial charge < -0.3 is 4.74 Å². The van der Waals surface area contributed by atoms with Crippen LogP contribution in [0.1, 0.15) is 0 Å². The standard InChI is InChI=1S/C5H4F2N2O2/c6-5(7)11-4-2-8-1-3(10)9-4/h1-2,5H,(H,9,10). The number of hydrogen-bond donors (Lipinski definition) is 1. The van der Waals surface area contributed by atoms with E-state index in [0.29, 0.717) is 0 Å². The van der Waals surface area contributed by atoms with Crippen LogP contribution in [0, 0.1) is 0 Å². The molecule has 0 aromatic carbocycles. The van der Waals surface area contributed by atoms with Crippen LogP contribution >= 0.6 is 0 Å². The van der Waals surface area contributed by atoms with Crippen molar-refractivity contribution in [3.63, 3.8) is 0 Å². The van der Waals surface area contributed by atoms with Crippen LogP contribution in [0.5, 0.6) is 5.88 Å². The molecule has 6 heteroatoms. The first kappa shape index (κ1) is 7.64. The molecule has 0 radical (unpaired) electrons. The van der Waals surface area contributed by atoms with Crippen LogP contribution in [0.2, 0.25) is 0 Å². The van der Waals surface area contributed by atoms with Crippen molar-refractivity contribution in [1.29, 1.82) is 0 Å². The van der Waals surface area contributed by atoms with E-state index in [1.165, 1.54) is 0 Å². The highest BCUT2D eigenvalue weighted by Gasteiger charge is 2.03. The molecule has 0 aliphatic carbocycles. The summed E-state index contributed by atoms with van der Waals surface area (Å²) < 4.78 is 26.8. The Kier molecular flexibility index (Phi) is 2.15. The van der Waals surface area contributed by atoms with Crippen LogP contribution in [0.4, 0.5) is 8.78 Å². The van der Waals surface area contributed by atoms with Crippen molar-refractivity contribution in [2.24, 2.45) is 0 Å². The molecule has 11 heavy (non-hydrogen) atoms. The molecule has 1 rings (SSSR count). The molecule has 0 spiro atoms. The highest BCUT2D eigenvalue weighted by Crippen LogP contribution is 2.03. The first-order valence-corrected chi connectivity index (χ1v) is 2.67. The van der Waals surface area contributed by atoms with E-state index < -0.39 is 12.2 Å². The summed E-state index contributed by atoms with van der Waals surface area (Å²) in [4.78, 5) is 15.8. The van der Waals surface area contributed by atoms with Crippen LogP contribution in [0.15, 0.2) is 17.2 Å². The molecule has 0 amide bonds. The fourth-order valence-corrected chi connectivity index (χ4v) is 0.515. The van der Waals surface area contributed by atoms with Crippen LogP contribution in [0.25, 0.3) is 0 Å². The Morgan fingerprint density at radius 1 is 1.55 bits per heavy atom. The summed E-state index contributed by atoms with van der Waals surface area (Å²) >= 11 is 0. The van der Waals surface area contributed by atoms with Gasteiger partial charge in [-0.1, -0.05) is 0 Å². The van der Waals surface area contributed by atoms with Gasteiger partial charge in [-0.15, -0.1) is 0 Å². The molecule has 0 saturated carbocycles. The van der Waals surface area contributed by atoms with Crippen molar-refractivity contribution >= 4 is 0 Å². The first-order chi connectivity index (χ1) is 5.18. The Hall–Kier alpha value is -1.46. The average molecular weight is 162 g/mol. The third-order valence-corrected chi connectivity index (χ3v) is 0.846. The molecular weight excluding hydrogens is 158 g/mol. The van der Waals surface area contributed by atoms with Crippen LogP contribution in [-0.4, -0.2) is 16.6 Å². The lowest BCUT2D eigenvalue weighted by Gasteiger charge is -2.00. The smallest absolute Gasteiger partial charge is 0.388 e. The Morgan fingerprint density at radius 3 is 2.82 bits per heavy atom. The van der Waals surface area contributed by atoms with E-state index in [-0.39, 0.29) is 5.88 Å². The van der Waals surface area contributed by atoms with Crippen molar-refractivity contribution < 1.29 is 13.5 Å². The van der Waals surface area contributed by atoms with E-state index in [9.17, 15) is 13.6 Å². The number of rotatable bonds is 2. The number of halogens is 2. The lowest BCUT2D eigenvalue weighted by molar-refractivity contribution is -0.0532. The Bertz CT molecular complexity index is 286. The number of H-pyrrole nitrogens is 1. The summed E-state index contributed by atoms with van der Waals surface area (Å²) in [6.07, 6.45) is 1.95. The zero-order valence-electron chi connectivity index (χ0n) is 5.25. The maximum atomic E-state index is 11.5. The number of ether oxygens (including phenoxy) is 1. The van der Waals surface area contributed by atoms with Crippen molar-refractivity contribution in [3.8, 4) is 5.88 Å². The van der Waals surface area contributed by atoms with Crippen molar-refractivity contribution in [2.75, 3.05) is 0 Å². The largest absolute Gasteiger partial charge is 0.417 e. The van der Waals surface area contributed by atoms with Gasteiger partial charge in [-0.3, -0.25) is 14.8 Å². The molecule has 1 N–H and O–H groups in total. The van der Waals surface area contributed by atoms with Gasteiger partial charge in [0.25, 0.3) is 5.56 Å². The molecular formula is C5H4F2N2O2. The van der Waals surface area contributed by atoms with E-state index >= 15 is 0 Å². The molecule has 0 fully saturated rings. The zero-order chi connectivity index (χ0) is 8.27. The maximum absolute atomic E-state index is 11.5. The topological polar surface area (TPSA) is 55.0 Å². The van der Waals surface area contributed by atoms with E-state index in [0.717, 1.165) is 12.4 Å². The maximum Gasteiger partial charge on any atom is 0.388 e. The van der Waals surface area contributed by atoms with Crippen LogP contribution in [0.3, 0.4) is 0 Å². The Labute approximate surface area is 59.8 Å². The number of alkyl halides is 2. The second-order valence-corrected chi connectivity index (χ2v) is 1.64. The van der Waals surface area contributed by atoms with E-state index in [1.54, 1.807) is 0 Å². The number of aromatic amines is 1.